The first-order valence-corrected chi connectivity index (χ1v) is 13.6. The molecule has 9 heteroatoms. The van der Waals surface area contributed by atoms with Crippen LogP contribution in [0.15, 0.2) is 49.1 Å². The van der Waals surface area contributed by atoms with Gasteiger partial charge in [0.15, 0.2) is 0 Å². The average Bonchev–Trinajstić information content (AvgIpc) is 3.48. The van der Waals surface area contributed by atoms with Crippen LogP contribution in [-0.2, 0) is 13.0 Å². The first-order chi connectivity index (χ1) is 18.6. The van der Waals surface area contributed by atoms with Crippen molar-refractivity contribution in [2.45, 2.75) is 25.6 Å². The van der Waals surface area contributed by atoms with Crippen molar-refractivity contribution in [1.82, 2.24) is 20.2 Å². The van der Waals surface area contributed by atoms with Gasteiger partial charge in [-0.2, -0.15) is 9.97 Å². The van der Waals surface area contributed by atoms with Crippen LogP contribution in [0.2, 0.25) is 0 Å². The maximum absolute atomic E-state index is 10.4. The molecular weight excluding hydrogens is 480 g/mol. The second-order valence-electron chi connectivity index (χ2n) is 10.5. The standard InChI is InChI=1S/C29H36N6O3/c1-2-27(37)33-11-13-34(14-12-33)28-24-8-10-35(26-16-22(36)15-21-5-3-4-6-23(21)26)18-25(24)31-29(32-28)38-19-20-7-9-30-17-20/h2-6,15-16,20,27,30,36-37H,1,7-14,17-19H2/t20-,27?/m1/s1. The summed E-state index contributed by atoms with van der Waals surface area (Å²) in [5.41, 5.74) is 3.15. The predicted octanol–water partition coefficient (Wildman–Crippen LogP) is 2.51. The van der Waals surface area contributed by atoms with Crippen LogP contribution in [0, 0.1) is 5.92 Å². The third kappa shape index (κ3) is 5.01. The highest BCUT2D eigenvalue weighted by Crippen LogP contribution is 2.36. The summed E-state index contributed by atoms with van der Waals surface area (Å²) in [6, 6.07) is 12.3. The zero-order valence-corrected chi connectivity index (χ0v) is 21.7. The number of rotatable bonds is 7. The van der Waals surface area contributed by atoms with Gasteiger partial charge in [-0.15, -0.1) is 0 Å². The fraction of sp³-hybridized carbons (Fsp3) is 0.448. The number of aliphatic hydroxyl groups excluding tert-OH is 1. The third-order valence-corrected chi connectivity index (χ3v) is 8.00. The maximum atomic E-state index is 10.4. The van der Waals surface area contributed by atoms with E-state index in [1.807, 2.05) is 35.2 Å². The molecule has 1 unspecified atom stereocenters. The normalized spacial score (nSPS) is 20.9. The summed E-state index contributed by atoms with van der Waals surface area (Å²) >= 11 is 0. The van der Waals surface area contributed by atoms with Crippen LogP contribution >= 0.6 is 0 Å². The van der Waals surface area contributed by atoms with Crippen LogP contribution in [0.1, 0.15) is 17.7 Å². The minimum absolute atomic E-state index is 0.265. The Morgan fingerprint density at radius 3 is 2.74 bits per heavy atom. The van der Waals surface area contributed by atoms with E-state index in [1.54, 1.807) is 6.08 Å². The molecular formula is C29H36N6O3. The number of hydrogen-bond donors (Lipinski definition) is 3. The summed E-state index contributed by atoms with van der Waals surface area (Å²) < 4.78 is 6.18. The highest BCUT2D eigenvalue weighted by Gasteiger charge is 2.29. The Morgan fingerprint density at radius 2 is 1.95 bits per heavy atom. The maximum Gasteiger partial charge on any atom is 0.318 e. The molecule has 4 heterocycles. The smallest absolute Gasteiger partial charge is 0.318 e. The Morgan fingerprint density at radius 1 is 1.11 bits per heavy atom. The van der Waals surface area contributed by atoms with Gasteiger partial charge in [0.1, 0.15) is 17.8 Å². The molecule has 3 aliphatic heterocycles. The number of phenolic OH excluding ortho intramolecular Hbond substituents is 1. The van der Waals surface area contributed by atoms with E-state index in [0.717, 1.165) is 86.6 Å². The van der Waals surface area contributed by atoms with Gasteiger partial charge in [0.05, 0.1) is 18.8 Å². The van der Waals surface area contributed by atoms with Crippen molar-refractivity contribution in [3.8, 4) is 11.8 Å². The quantitative estimate of drug-likeness (QED) is 0.409. The molecule has 200 valence electrons. The number of piperazine rings is 1. The minimum Gasteiger partial charge on any atom is -0.508 e. The highest BCUT2D eigenvalue weighted by atomic mass is 16.5. The summed E-state index contributed by atoms with van der Waals surface area (Å²) in [6.45, 7) is 10.7. The molecule has 38 heavy (non-hydrogen) atoms. The lowest BCUT2D eigenvalue weighted by atomic mass is 10.0. The molecule has 9 nitrogen and oxygen atoms in total. The zero-order valence-electron chi connectivity index (χ0n) is 21.7. The van der Waals surface area contributed by atoms with E-state index in [1.165, 1.54) is 5.56 Å². The van der Waals surface area contributed by atoms with Crippen molar-refractivity contribution in [3.05, 3.63) is 60.3 Å². The van der Waals surface area contributed by atoms with Crippen molar-refractivity contribution >= 4 is 22.3 Å². The summed E-state index contributed by atoms with van der Waals surface area (Å²) in [6.07, 6.45) is 2.85. The Hall–Kier alpha value is -3.40. The van der Waals surface area contributed by atoms with Gasteiger partial charge in [-0.25, -0.2) is 0 Å². The number of aliphatic hydroxyl groups is 1. The van der Waals surface area contributed by atoms with Crippen molar-refractivity contribution < 1.29 is 14.9 Å². The number of ether oxygens (including phenoxy) is 1. The minimum atomic E-state index is -0.624. The average molecular weight is 517 g/mol. The molecule has 2 fully saturated rings. The van der Waals surface area contributed by atoms with Crippen molar-refractivity contribution in [2.24, 2.45) is 5.92 Å². The molecule has 0 bridgehead atoms. The Kier molecular flexibility index (Phi) is 7.06. The summed E-state index contributed by atoms with van der Waals surface area (Å²) in [5.74, 6) is 1.68. The number of hydrogen-bond acceptors (Lipinski definition) is 9. The van der Waals surface area contributed by atoms with Crippen molar-refractivity contribution in [1.29, 1.82) is 0 Å². The lowest BCUT2D eigenvalue weighted by Gasteiger charge is -2.39. The van der Waals surface area contributed by atoms with Gasteiger partial charge in [-0.3, -0.25) is 4.90 Å². The second-order valence-corrected chi connectivity index (χ2v) is 10.5. The summed E-state index contributed by atoms with van der Waals surface area (Å²) in [4.78, 5) is 16.5. The number of fused-ring (bicyclic) bond motifs is 2. The highest BCUT2D eigenvalue weighted by molar-refractivity contribution is 5.95. The molecule has 2 atom stereocenters. The van der Waals surface area contributed by atoms with Crippen LogP contribution < -0.4 is 19.9 Å². The number of nitrogens with zero attached hydrogens (tertiary/aromatic N) is 5. The predicted molar refractivity (Wildman–Crippen MR) is 149 cm³/mol. The monoisotopic (exact) mass is 516 g/mol. The van der Waals surface area contributed by atoms with E-state index in [9.17, 15) is 10.2 Å². The molecule has 6 rings (SSSR count). The summed E-state index contributed by atoms with van der Waals surface area (Å²) in [7, 11) is 0. The van der Waals surface area contributed by atoms with E-state index < -0.39 is 6.23 Å². The molecule has 2 saturated heterocycles. The third-order valence-electron chi connectivity index (χ3n) is 8.00. The summed E-state index contributed by atoms with van der Waals surface area (Å²) in [5, 5.41) is 26.2. The molecule has 2 aromatic carbocycles. The van der Waals surface area contributed by atoms with Crippen molar-refractivity contribution in [3.63, 3.8) is 0 Å². The lowest BCUT2D eigenvalue weighted by molar-refractivity contribution is 0.0379. The number of phenols is 1. The van der Waals surface area contributed by atoms with Gasteiger partial charge >= 0.3 is 6.01 Å². The SMILES string of the molecule is C=CC(O)N1CCN(c2nc(OC[C@@H]3CCNC3)nc3c2CCN(c2cc(O)cc4ccccc24)C3)CC1. The van der Waals surface area contributed by atoms with E-state index in [4.69, 9.17) is 14.7 Å². The number of aromatic hydroxyl groups is 1. The fourth-order valence-corrected chi connectivity index (χ4v) is 5.85. The van der Waals surface area contributed by atoms with E-state index >= 15 is 0 Å². The van der Waals surface area contributed by atoms with E-state index in [2.05, 4.69) is 27.8 Å². The molecule has 3 aromatic rings. The number of nitrogens with one attached hydrogen (secondary N) is 1. The molecule has 0 saturated carbocycles. The molecule has 3 N–H and O–H groups in total. The van der Waals surface area contributed by atoms with E-state index in [-0.39, 0.29) is 5.75 Å². The van der Waals surface area contributed by atoms with Gasteiger partial charge in [-0.05, 0) is 36.9 Å². The van der Waals surface area contributed by atoms with Gasteiger partial charge in [0.2, 0.25) is 0 Å². The molecule has 0 spiro atoms. The van der Waals surface area contributed by atoms with Gasteiger partial charge in [-0.1, -0.05) is 30.8 Å². The Labute approximate surface area is 223 Å². The van der Waals surface area contributed by atoms with Crippen molar-refractivity contribution in [2.75, 3.05) is 62.2 Å². The first kappa shape index (κ1) is 24.9. The number of benzene rings is 2. The van der Waals surface area contributed by atoms with Crippen LogP contribution in [0.3, 0.4) is 0 Å². The number of anilines is 2. The topological polar surface area (TPSA) is 97.2 Å². The molecule has 1 aromatic heterocycles. The number of aromatic nitrogens is 2. The Balaban J connectivity index is 1.30. The zero-order chi connectivity index (χ0) is 26.1. The van der Waals surface area contributed by atoms with Gasteiger partial charge < -0.3 is 30.1 Å². The Bertz CT molecular complexity index is 1300. The van der Waals surface area contributed by atoms with Crippen LogP contribution in [0.4, 0.5) is 11.5 Å². The van der Waals surface area contributed by atoms with Crippen LogP contribution in [0.25, 0.3) is 10.8 Å². The largest absolute Gasteiger partial charge is 0.508 e. The molecule has 0 radical (unpaired) electrons. The van der Waals surface area contributed by atoms with Gasteiger partial charge in [0.25, 0.3) is 0 Å². The van der Waals surface area contributed by atoms with Crippen LogP contribution in [0.5, 0.6) is 11.8 Å². The molecule has 3 aliphatic rings. The first-order valence-electron chi connectivity index (χ1n) is 13.6. The molecule has 0 aliphatic carbocycles. The van der Waals surface area contributed by atoms with Gasteiger partial charge in [0, 0.05) is 67.9 Å². The second kappa shape index (κ2) is 10.8. The lowest BCUT2D eigenvalue weighted by Crippen LogP contribution is -2.50. The van der Waals surface area contributed by atoms with E-state index in [0.29, 0.717) is 25.1 Å². The fourth-order valence-electron chi connectivity index (χ4n) is 5.85. The van der Waals surface area contributed by atoms with Crippen LogP contribution in [-0.4, -0.2) is 83.7 Å². The molecule has 0 amide bonds.